The Kier molecular flexibility index (Phi) is 9.71. The number of methoxy groups -OCH3 is 2. The molecule has 0 radical (unpaired) electrons. The van der Waals surface area contributed by atoms with Crippen molar-refractivity contribution in [2.24, 2.45) is 4.99 Å². The van der Waals surface area contributed by atoms with Crippen LogP contribution >= 0.6 is 11.8 Å². The van der Waals surface area contributed by atoms with Crippen molar-refractivity contribution in [1.29, 1.82) is 0 Å². The van der Waals surface area contributed by atoms with Crippen LogP contribution in [0.25, 0.3) is 0 Å². The first-order chi connectivity index (χ1) is 18.5. The van der Waals surface area contributed by atoms with Gasteiger partial charge in [-0.15, -0.1) is 0 Å². The molecule has 0 aliphatic heterocycles. The predicted molar refractivity (Wildman–Crippen MR) is 161 cm³/mol. The van der Waals surface area contributed by atoms with Gasteiger partial charge >= 0.3 is 0 Å². The van der Waals surface area contributed by atoms with Gasteiger partial charge in [-0.1, -0.05) is 66.4 Å². The Bertz CT molecular complexity index is 1240. The van der Waals surface area contributed by atoms with Gasteiger partial charge in [-0.05, 0) is 65.2 Å². The summed E-state index contributed by atoms with van der Waals surface area (Å²) in [4.78, 5) is 9.61. The number of anilines is 1. The number of ether oxygens (including phenoxy) is 2. The average molecular weight is 526 g/mol. The number of benzene rings is 4. The highest BCUT2D eigenvalue weighted by Crippen LogP contribution is 2.26. The fourth-order valence-corrected chi connectivity index (χ4v) is 4.92. The summed E-state index contributed by atoms with van der Waals surface area (Å²) < 4.78 is 10.8. The summed E-state index contributed by atoms with van der Waals surface area (Å²) in [6.45, 7) is 1.43. The third-order valence-corrected chi connectivity index (χ3v) is 7.22. The Morgan fingerprint density at radius 3 is 1.66 bits per heavy atom. The van der Waals surface area contributed by atoms with Crippen LogP contribution in [0.15, 0.2) is 108 Å². The van der Waals surface area contributed by atoms with E-state index in [1.54, 1.807) is 26.0 Å². The third kappa shape index (κ3) is 7.80. The smallest absolute Gasteiger partial charge is 0.165 e. The van der Waals surface area contributed by atoms with E-state index in [-0.39, 0.29) is 0 Å². The molecular formula is C32H35N3O2S. The largest absolute Gasteiger partial charge is 0.497 e. The molecule has 6 heteroatoms. The Labute approximate surface area is 230 Å². The molecule has 4 aromatic carbocycles. The molecule has 0 spiro atoms. The fraction of sp³-hybridized carbons (Fsp3) is 0.219. The molecule has 0 saturated heterocycles. The van der Waals surface area contributed by atoms with Gasteiger partial charge in [0.25, 0.3) is 0 Å². The first kappa shape index (κ1) is 27.1. The summed E-state index contributed by atoms with van der Waals surface area (Å²) in [5, 5.41) is 0.970. The quantitative estimate of drug-likeness (QED) is 0.159. The SMILES string of the molecule is COc1ccc(CN(Cc2ccc(OC)cc2)C(=Nc2ccc(N(C)C)cc2)SCc2ccccc2)cc1. The van der Waals surface area contributed by atoms with Crippen molar-refractivity contribution in [1.82, 2.24) is 4.90 Å². The zero-order valence-corrected chi connectivity index (χ0v) is 23.3. The van der Waals surface area contributed by atoms with E-state index in [1.807, 2.05) is 38.4 Å². The van der Waals surface area contributed by atoms with Crippen LogP contribution in [0.2, 0.25) is 0 Å². The lowest BCUT2D eigenvalue weighted by Crippen LogP contribution is -2.28. The van der Waals surface area contributed by atoms with Gasteiger partial charge in [-0.25, -0.2) is 4.99 Å². The molecule has 5 nitrogen and oxygen atoms in total. The maximum absolute atomic E-state index is 5.38. The van der Waals surface area contributed by atoms with Crippen LogP contribution in [0, 0.1) is 0 Å². The Morgan fingerprint density at radius 2 is 1.18 bits per heavy atom. The van der Waals surface area contributed by atoms with Crippen LogP contribution in [-0.2, 0) is 18.8 Å². The Balaban J connectivity index is 1.69. The number of aliphatic imine (C=N–C) groups is 1. The maximum Gasteiger partial charge on any atom is 0.165 e. The van der Waals surface area contributed by atoms with Crippen molar-refractivity contribution in [3.63, 3.8) is 0 Å². The van der Waals surface area contributed by atoms with E-state index in [1.165, 1.54) is 16.7 Å². The van der Waals surface area contributed by atoms with E-state index in [9.17, 15) is 0 Å². The van der Waals surface area contributed by atoms with Crippen LogP contribution in [0.4, 0.5) is 11.4 Å². The number of hydrogen-bond acceptors (Lipinski definition) is 5. The molecule has 0 aliphatic carbocycles. The molecule has 0 fully saturated rings. The molecule has 0 bridgehead atoms. The molecule has 0 aromatic heterocycles. The number of rotatable bonds is 10. The van der Waals surface area contributed by atoms with Crippen LogP contribution in [0.5, 0.6) is 11.5 Å². The highest BCUT2D eigenvalue weighted by Gasteiger charge is 2.15. The van der Waals surface area contributed by atoms with E-state index in [4.69, 9.17) is 14.5 Å². The van der Waals surface area contributed by atoms with Gasteiger partial charge in [0.1, 0.15) is 11.5 Å². The molecule has 38 heavy (non-hydrogen) atoms. The van der Waals surface area contributed by atoms with Gasteiger partial charge in [0, 0.05) is 38.6 Å². The number of amidine groups is 1. The molecule has 0 atom stereocenters. The van der Waals surface area contributed by atoms with Gasteiger partial charge in [-0.3, -0.25) is 0 Å². The average Bonchev–Trinajstić information content (AvgIpc) is 2.96. The van der Waals surface area contributed by atoms with Crippen LogP contribution in [0.3, 0.4) is 0 Å². The molecule has 4 aromatic rings. The van der Waals surface area contributed by atoms with Gasteiger partial charge < -0.3 is 19.3 Å². The zero-order chi connectivity index (χ0) is 26.7. The standard InChI is InChI=1S/C32H35N3O2S/c1-34(2)29-16-14-28(15-17-29)33-32(38-24-27-8-6-5-7-9-27)35(22-25-10-18-30(36-3)19-11-25)23-26-12-20-31(37-4)21-13-26/h5-21H,22-24H2,1-4H3. The first-order valence-electron chi connectivity index (χ1n) is 12.6. The normalized spacial score (nSPS) is 11.2. The van der Waals surface area contributed by atoms with E-state index < -0.39 is 0 Å². The lowest BCUT2D eigenvalue weighted by molar-refractivity contribution is 0.405. The second-order valence-electron chi connectivity index (χ2n) is 9.13. The highest BCUT2D eigenvalue weighted by atomic mass is 32.2. The van der Waals surface area contributed by atoms with Gasteiger partial charge in [-0.2, -0.15) is 0 Å². The van der Waals surface area contributed by atoms with Crippen molar-refractivity contribution in [3.8, 4) is 11.5 Å². The molecule has 0 aliphatic rings. The molecular weight excluding hydrogens is 490 g/mol. The maximum atomic E-state index is 5.38. The summed E-state index contributed by atoms with van der Waals surface area (Å²) >= 11 is 1.76. The molecule has 0 unspecified atom stereocenters. The van der Waals surface area contributed by atoms with Crippen LogP contribution in [0.1, 0.15) is 16.7 Å². The molecule has 0 N–H and O–H groups in total. The Hall–Kier alpha value is -3.90. The van der Waals surface area contributed by atoms with Crippen molar-refractivity contribution >= 4 is 28.3 Å². The minimum absolute atomic E-state index is 0.715. The Morgan fingerprint density at radius 1 is 0.658 bits per heavy atom. The predicted octanol–water partition coefficient (Wildman–Crippen LogP) is 7.39. The second kappa shape index (κ2) is 13.6. The van der Waals surface area contributed by atoms with E-state index >= 15 is 0 Å². The third-order valence-electron chi connectivity index (χ3n) is 6.14. The van der Waals surface area contributed by atoms with Crippen LogP contribution < -0.4 is 14.4 Å². The first-order valence-corrected chi connectivity index (χ1v) is 13.6. The van der Waals surface area contributed by atoms with Crippen molar-refractivity contribution < 1.29 is 9.47 Å². The van der Waals surface area contributed by atoms with Crippen LogP contribution in [-0.4, -0.2) is 38.4 Å². The zero-order valence-electron chi connectivity index (χ0n) is 22.5. The van der Waals surface area contributed by atoms with Gasteiger partial charge in [0.15, 0.2) is 5.17 Å². The van der Waals surface area contributed by atoms with E-state index in [0.717, 1.165) is 33.8 Å². The van der Waals surface area contributed by atoms with Crippen molar-refractivity contribution in [2.45, 2.75) is 18.8 Å². The topological polar surface area (TPSA) is 37.3 Å². The minimum atomic E-state index is 0.715. The van der Waals surface area contributed by atoms with E-state index in [0.29, 0.717) is 13.1 Å². The minimum Gasteiger partial charge on any atom is -0.497 e. The van der Waals surface area contributed by atoms with Gasteiger partial charge in [0.2, 0.25) is 0 Å². The molecule has 4 rings (SSSR count). The molecule has 0 amide bonds. The van der Waals surface area contributed by atoms with E-state index in [2.05, 4.69) is 88.7 Å². The molecule has 0 heterocycles. The number of thioether (sulfide) groups is 1. The summed E-state index contributed by atoms with van der Waals surface area (Å²) in [5.41, 5.74) is 5.73. The summed E-state index contributed by atoms with van der Waals surface area (Å²) in [6.07, 6.45) is 0. The molecule has 0 saturated carbocycles. The highest BCUT2D eigenvalue weighted by molar-refractivity contribution is 8.13. The van der Waals surface area contributed by atoms with Crippen molar-refractivity contribution in [2.75, 3.05) is 33.2 Å². The summed E-state index contributed by atoms with van der Waals surface area (Å²) in [5.74, 6) is 2.53. The second-order valence-corrected chi connectivity index (χ2v) is 10.1. The van der Waals surface area contributed by atoms with Crippen molar-refractivity contribution in [3.05, 3.63) is 120 Å². The molecule has 196 valence electrons. The number of hydrogen-bond donors (Lipinski definition) is 0. The monoisotopic (exact) mass is 525 g/mol. The summed E-state index contributed by atoms with van der Waals surface area (Å²) in [7, 11) is 7.48. The lowest BCUT2D eigenvalue weighted by atomic mass is 10.1. The van der Waals surface area contributed by atoms with Gasteiger partial charge in [0.05, 0.1) is 19.9 Å². The lowest BCUT2D eigenvalue weighted by Gasteiger charge is -2.26. The number of nitrogens with zero attached hydrogens (tertiary/aromatic N) is 3. The fourth-order valence-electron chi connectivity index (χ4n) is 3.95. The summed E-state index contributed by atoms with van der Waals surface area (Å²) in [6, 6.07) is 35.4.